The van der Waals surface area contributed by atoms with Gasteiger partial charge >= 0.3 is 0 Å². The highest BCUT2D eigenvalue weighted by atomic mass is 79.9. The van der Waals surface area contributed by atoms with Crippen LogP contribution in [0, 0.1) is 13.8 Å². The Bertz CT molecular complexity index is 1050. The number of nitrogens with zero attached hydrogens (tertiary/aromatic N) is 4. The molecule has 0 aliphatic rings. The lowest BCUT2D eigenvalue weighted by Crippen LogP contribution is -2.08. The predicted octanol–water partition coefficient (Wildman–Crippen LogP) is 4.27. The number of halogens is 1. The first-order valence-electron chi connectivity index (χ1n) is 7.71. The van der Waals surface area contributed by atoms with Gasteiger partial charge in [0.2, 0.25) is 0 Å². The van der Waals surface area contributed by atoms with Crippen LogP contribution in [-0.2, 0) is 6.54 Å². The lowest BCUT2D eigenvalue weighted by atomic mass is 10.1. The average molecular weight is 382 g/mol. The Hall–Kier alpha value is -2.47. The topological polar surface area (TPSA) is 55.1 Å². The summed E-state index contributed by atoms with van der Waals surface area (Å²) < 4.78 is 2.90. The fourth-order valence-corrected chi connectivity index (χ4v) is 3.24. The van der Waals surface area contributed by atoms with Crippen molar-refractivity contribution in [1.82, 2.24) is 19.6 Å². The van der Waals surface area contributed by atoms with E-state index in [9.17, 15) is 0 Å². The van der Waals surface area contributed by atoms with Gasteiger partial charge in [-0.25, -0.2) is 9.50 Å². The number of anilines is 1. The number of rotatable bonds is 3. The molecule has 3 aromatic heterocycles. The van der Waals surface area contributed by atoms with E-state index in [1.807, 2.05) is 41.9 Å². The van der Waals surface area contributed by atoms with Crippen LogP contribution in [0.5, 0.6) is 0 Å². The summed E-state index contributed by atoms with van der Waals surface area (Å²) in [6.07, 6.45) is 3.58. The number of fused-ring (bicyclic) bond motifs is 2. The number of hydrogen-bond acceptors (Lipinski definition) is 4. The van der Waals surface area contributed by atoms with Gasteiger partial charge in [0.15, 0.2) is 5.65 Å². The molecule has 4 aromatic rings. The molecule has 5 nitrogen and oxygen atoms in total. The molecule has 1 aromatic carbocycles. The molecule has 0 bridgehead atoms. The van der Waals surface area contributed by atoms with Gasteiger partial charge in [-0.3, -0.25) is 4.98 Å². The summed E-state index contributed by atoms with van der Waals surface area (Å²) in [5.41, 5.74) is 6.20. The summed E-state index contributed by atoms with van der Waals surface area (Å²) in [6.45, 7) is 4.80. The maximum Gasteiger partial charge on any atom is 0.155 e. The van der Waals surface area contributed by atoms with Crippen molar-refractivity contribution in [2.45, 2.75) is 20.4 Å². The zero-order chi connectivity index (χ0) is 16.7. The van der Waals surface area contributed by atoms with Gasteiger partial charge in [-0.15, -0.1) is 0 Å². The van der Waals surface area contributed by atoms with Gasteiger partial charge in [-0.05, 0) is 43.7 Å². The van der Waals surface area contributed by atoms with Gasteiger partial charge in [-0.2, -0.15) is 5.10 Å². The Kier molecular flexibility index (Phi) is 3.69. The molecular formula is C18H16BrN5. The first-order valence-corrected chi connectivity index (χ1v) is 8.51. The fourth-order valence-electron chi connectivity index (χ4n) is 2.88. The van der Waals surface area contributed by atoms with Crippen molar-refractivity contribution in [2.75, 3.05) is 5.32 Å². The van der Waals surface area contributed by atoms with Crippen molar-refractivity contribution in [3.8, 4) is 0 Å². The molecule has 3 heterocycles. The minimum Gasteiger partial charge on any atom is -0.379 e. The molecule has 0 saturated carbocycles. The smallest absolute Gasteiger partial charge is 0.155 e. The summed E-state index contributed by atoms with van der Waals surface area (Å²) in [7, 11) is 0. The summed E-state index contributed by atoms with van der Waals surface area (Å²) in [6, 6.07) is 10.0. The maximum absolute atomic E-state index is 4.69. The molecule has 120 valence electrons. The summed E-state index contributed by atoms with van der Waals surface area (Å²) >= 11 is 3.56. The molecule has 4 rings (SSSR count). The molecular weight excluding hydrogens is 366 g/mol. The summed E-state index contributed by atoms with van der Waals surface area (Å²) in [4.78, 5) is 8.99. The molecule has 0 amide bonds. The Morgan fingerprint density at radius 2 is 2.00 bits per heavy atom. The Morgan fingerprint density at radius 1 is 1.12 bits per heavy atom. The van der Waals surface area contributed by atoms with Gasteiger partial charge < -0.3 is 5.32 Å². The zero-order valence-corrected chi connectivity index (χ0v) is 15.0. The first kappa shape index (κ1) is 15.1. The van der Waals surface area contributed by atoms with Crippen molar-refractivity contribution >= 4 is 38.2 Å². The van der Waals surface area contributed by atoms with Crippen LogP contribution in [0.4, 0.5) is 5.69 Å². The van der Waals surface area contributed by atoms with Gasteiger partial charge in [0.25, 0.3) is 0 Å². The van der Waals surface area contributed by atoms with Crippen LogP contribution in [-0.4, -0.2) is 19.6 Å². The lowest BCUT2D eigenvalue weighted by molar-refractivity contribution is 0.854. The second-order valence-corrected chi connectivity index (χ2v) is 6.67. The van der Waals surface area contributed by atoms with E-state index in [0.717, 1.165) is 43.7 Å². The van der Waals surface area contributed by atoms with Crippen LogP contribution in [0.2, 0.25) is 0 Å². The molecule has 0 aliphatic heterocycles. The second kappa shape index (κ2) is 5.87. The lowest BCUT2D eigenvalue weighted by Gasteiger charge is -2.15. The largest absolute Gasteiger partial charge is 0.379 e. The van der Waals surface area contributed by atoms with E-state index in [2.05, 4.69) is 49.3 Å². The molecule has 6 heteroatoms. The second-order valence-electron chi connectivity index (χ2n) is 5.75. The molecule has 0 unspecified atom stereocenters. The number of nitrogens with one attached hydrogen (secondary N) is 1. The van der Waals surface area contributed by atoms with E-state index >= 15 is 0 Å². The van der Waals surface area contributed by atoms with Crippen molar-refractivity contribution in [1.29, 1.82) is 0 Å². The van der Waals surface area contributed by atoms with Crippen LogP contribution in [0.1, 0.15) is 17.0 Å². The third kappa shape index (κ3) is 2.53. The predicted molar refractivity (Wildman–Crippen MR) is 99.2 cm³/mol. The van der Waals surface area contributed by atoms with Crippen molar-refractivity contribution in [3.63, 3.8) is 0 Å². The van der Waals surface area contributed by atoms with Crippen molar-refractivity contribution in [3.05, 3.63) is 64.1 Å². The van der Waals surface area contributed by atoms with Crippen LogP contribution >= 0.6 is 15.9 Å². The van der Waals surface area contributed by atoms with E-state index < -0.39 is 0 Å². The van der Waals surface area contributed by atoms with Crippen molar-refractivity contribution < 1.29 is 0 Å². The highest BCUT2D eigenvalue weighted by Crippen LogP contribution is 2.30. The molecule has 0 fully saturated rings. The number of pyridine rings is 1. The van der Waals surface area contributed by atoms with Crippen LogP contribution in [0.25, 0.3) is 16.6 Å². The SMILES string of the molecule is Cc1nc2ccc(Br)cc2c(NCc2ccnc3ccnn23)c1C. The van der Waals surface area contributed by atoms with E-state index in [-0.39, 0.29) is 0 Å². The van der Waals surface area contributed by atoms with E-state index in [1.54, 1.807) is 6.20 Å². The maximum atomic E-state index is 4.69. The van der Waals surface area contributed by atoms with Crippen molar-refractivity contribution in [2.24, 2.45) is 0 Å². The normalized spacial score (nSPS) is 11.3. The third-order valence-corrected chi connectivity index (χ3v) is 4.74. The zero-order valence-electron chi connectivity index (χ0n) is 13.4. The average Bonchev–Trinajstić information content (AvgIpc) is 3.05. The first-order chi connectivity index (χ1) is 11.6. The van der Waals surface area contributed by atoms with E-state index in [1.165, 1.54) is 0 Å². The highest BCUT2D eigenvalue weighted by Gasteiger charge is 2.11. The number of hydrogen-bond donors (Lipinski definition) is 1. The van der Waals surface area contributed by atoms with Crippen LogP contribution in [0.3, 0.4) is 0 Å². The molecule has 1 N–H and O–H groups in total. The molecule has 0 atom stereocenters. The number of aryl methyl sites for hydroxylation is 1. The molecule has 0 spiro atoms. The van der Waals surface area contributed by atoms with Gasteiger partial charge in [-0.1, -0.05) is 15.9 Å². The summed E-state index contributed by atoms with van der Waals surface area (Å²) in [5.74, 6) is 0. The number of benzene rings is 1. The molecule has 24 heavy (non-hydrogen) atoms. The van der Waals surface area contributed by atoms with Gasteiger partial charge in [0.1, 0.15) is 0 Å². The fraction of sp³-hybridized carbons (Fsp3) is 0.167. The van der Waals surface area contributed by atoms with Gasteiger partial charge in [0.05, 0.1) is 24.0 Å². The quantitative estimate of drug-likeness (QED) is 0.575. The van der Waals surface area contributed by atoms with E-state index in [0.29, 0.717) is 6.54 Å². The minimum absolute atomic E-state index is 0.659. The van der Waals surface area contributed by atoms with Crippen LogP contribution < -0.4 is 5.32 Å². The Morgan fingerprint density at radius 3 is 2.88 bits per heavy atom. The highest BCUT2D eigenvalue weighted by molar-refractivity contribution is 9.10. The molecule has 0 radical (unpaired) electrons. The Labute approximate surface area is 147 Å². The number of aromatic nitrogens is 4. The summed E-state index contributed by atoms with van der Waals surface area (Å²) in [5, 5.41) is 9.02. The molecule has 0 aliphatic carbocycles. The van der Waals surface area contributed by atoms with Gasteiger partial charge in [0, 0.05) is 33.5 Å². The van der Waals surface area contributed by atoms with E-state index in [4.69, 9.17) is 0 Å². The minimum atomic E-state index is 0.659. The standard InChI is InChI=1S/C18H16BrN5/c1-11-12(2)23-16-4-3-13(19)9-15(16)18(11)21-10-14-5-7-20-17-6-8-22-24(14)17/h3-9H,10H2,1-2H3,(H,21,23). The van der Waals surface area contributed by atoms with Crippen LogP contribution in [0.15, 0.2) is 47.2 Å². The Balaban J connectivity index is 1.78. The third-order valence-electron chi connectivity index (χ3n) is 4.25. The molecule has 0 saturated heterocycles. The monoisotopic (exact) mass is 381 g/mol.